The maximum absolute atomic E-state index is 5.71. The molecule has 18 heavy (non-hydrogen) atoms. The van der Waals surface area contributed by atoms with E-state index in [9.17, 15) is 0 Å². The standard InChI is InChI=1S/C15H17BrN2/c1-11-3-2-4-12(9-11)7-8-18-15-6-5-13(17)10-14(15)16/h2-6,9-10,18H,7-8,17H2,1H3. The maximum Gasteiger partial charge on any atom is 0.0486 e. The summed E-state index contributed by atoms with van der Waals surface area (Å²) in [5, 5.41) is 3.41. The molecule has 0 saturated carbocycles. The molecule has 2 nitrogen and oxygen atoms in total. The van der Waals surface area contributed by atoms with Crippen molar-refractivity contribution in [3.05, 3.63) is 58.1 Å². The van der Waals surface area contributed by atoms with Crippen molar-refractivity contribution in [3.8, 4) is 0 Å². The van der Waals surface area contributed by atoms with Crippen molar-refractivity contribution in [2.75, 3.05) is 17.6 Å². The third-order valence-corrected chi connectivity index (χ3v) is 3.46. The predicted molar refractivity (Wildman–Crippen MR) is 81.9 cm³/mol. The van der Waals surface area contributed by atoms with Gasteiger partial charge in [-0.05, 0) is 53.0 Å². The fourth-order valence-electron chi connectivity index (χ4n) is 1.88. The third-order valence-electron chi connectivity index (χ3n) is 2.80. The molecule has 2 aromatic rings. The molecule has 0 unspecified atom stereocenters. The second-order valence-corrected chi connectivity index (χ2v) is 5.26. The van der Waals surface area contributed by atoms with Crippen LogP contribution in [0.25, 0.3) is 0 Å². The summed E-state index contributed by atoms with van der Waals surface area (Å²) in [4.78, 5) is 0. The Bertz CT molecular complexity index is 538. The third kappa shape index (κ3) is 3.50. The number of halogens is 1. The Morgan fingerprint density at radius 2 is 2.00 bits per heavy atom. The van der Waals surface area contributed by atoms with Gasteiger partial charge in [0.2, 0.25) is 0 Å². The minimum atomic E-state index is 0.770. The van der Waals surface area contributed by atoms with Gasteiger partial charge in [-0.25, -0.2) is 0 Å². The van der Waals surface area contributed by atoms with Crippen LogP contribution in [0.3, 0.4) is 0 Å². The lowest BCUT2D eigenvalue weighted by atomic mass is 10.1. The summed E-state index contributed by atoms with van der Waals surface area (Å²) < 4.78 is 1.01. The molecule has 3 N–H and O–H groups in total. The Morgan fingerprint density at radius 1 is 1.17 bits per heavy atom. The number of hydrogen-bond acceptors (Lipinski definition) is 2. The highest BCUT2D eigenvalue weighted by atomic mass is 79.9. The number of nitrogens with two attached hydrogens (primary N) is 1. The summed E-state index contributed by atoms with van der Waals surface area (Å²) in [5.41, 5.74) is 10.2. The number of anilines is 2. The van der Waals surface area contributed by atoms with Crippen LogP contribution in [0.5, 0.6) is 0 Å². The molecule has 0 aromatic heterocycles. The summed E-state index contributed by atoms with van der Waals surface area (Å²) in [6, 6.07) is 14.4. The first-order valence-corrected chi connectivity index (χ1v) is 6.79. The molecule has 0 saturated heterocycles. The van der Waals surface area contributed by atoms with Crippen LogP contribution in [0.1, 0.15) is 11.1 Å². The molecule has 0 atom stereocenters. The Labute approximate surface area is 116 Å². The van der Waals surface area contributed by atoms with Crippen LogP contribution in [0.2, 0.25) is 0 Å². The molecule has 0 amide bonds. The van der Waals surface area contributed by atoms with E-state index in [1.165, 1.54) is 11.1 Å². The smallest absolute Gasteiger partial charge is 0.0486 e. The van der Waals surface area contributed by atoms with Crippen LogP contribution in [0.4, 0.5) is 11.4 Å². The lowest BCUT2D eigenvalue weighted by molar-refractivity contribution is 1.02. The Morgan fingerprint density at radius 3 is 2.72 bits per heavy atom. The first kappa shape index (κ1) is 13.0. The van der Waals surface area contributed by atoms with Crippen molar-refractivity contribution in [2.45, 2.75) is 13.3 Å². The first-order valence-electron chi connectivity index (χ1n) is 5.99. The van der Waals surface area contributed by atoms with Crippen LogP contribution in [0.15, 0.2) is 46.9 Å². The number of benzene rings is 2. The highest BCUT2D eigenvalue weighted by molar-refractivity contribution is 9.10. The number of nitrogen functional groups attached to an aromatic ring is 1. The lowest BCUT2D eigenvalue weighted by Crippen LogP contribution is -2.05. The molecule has 3 heteroatoms. The Hall–Kier alpha value is -1.48. The van der Waals surface area contributed by atoms with Crippen LogP contribution in [-0.2, 0) is 6.42 Å². The van der Waals surface area contributed by atoms with Crippen molar-refractivity contribution < 1.29 is 0 Å². The van der Waals surface area contributed by atoms with Crippen molar-refractivity contribution in [2.24, 2.45) is 0 Å². The maximum atomic E-state index is 5.71. The number of aryl methyl sites for hydroxylation is 1. The summed E-state index contributed by atoms with van der Waals surface area (Å²) in [5.74, 6) is 0. The van der Waals surface area contributed by atoms with Crippen molar-refractivity contribution in [3.63, 3.8) is 0 Å². The zero-order valence-corrected chi connectivity index (χ0v) is 12.0. The molecule has 0 spiro atoms. The molecule has 0 aliphatic rings. The quantitative estimate of drug-likeness (QED) is 0.838. The van der Waals surface area contributed by atoms with Gasteiger partial charge in [0.15, 0.2) is 0 Å². The van der Waals surface area contributed by atoms with Gasteiger partial charge in [0.25, 0.3) is 0 Å². The van der Waals surface area contributed by atoms with Gasteiger partial charge in [0.1, 0.15) is 0 Å². The van der Waals surface area contributed by atoms with E-state index >= 15 is 0 Å². The average molecular weight is 305 g/mol. The molecule has 0 heterocycles. The van der Waals surface area contributed by atoms with Gasteiger partial charge < -0.3 is 11.1 Å². The first-order chi connectivity index (χ1) is 8.65. The van der Waals surface area contributed by atoms with E-state index < -0.39 is 0 Å². The number of hydrogen-bond donors (Lipinski definition) is 2. The second kappa shape index (κ2) is 5.91. The van der Waals surface area contributed by atoms with E-state index in [-0.39, 0.29) is 0 Å². The highest BCUT2D eigenvalue weighted by Gasteiger charge is 1.99. The van der Waals surface area contributed by atoms with Gasteiger partial charge in [-0.15, -0.1) is 0 Å². The lowest BCUT2D eigenvalue weighted by Gasteiger charge is -2.09. The molecule has 2 aromatic carbocycles. The van der Waals surface area contributed by atoms with Crippen molar-refractivity contribution >= 4 is 27.3 Å². The van der Waals surface area contributed by atoms with Crippen LogP contribution < -0.4 is 11.1 Å². The van der Waals surface area contributed by atoms with Gasteiger partial charge in [-0.3, -0.25) is 0 Å². The summed E-state index contributed by atoms with van der Waals surface area (Å²) >= 11 is 3.50. The Balaban J connectivity index is 1.92. The summed E-state index contributed by atoms with van der Waals surface area (Å²) in [6.07, 6.45) is 1.01. The molecule has 0 bridgehead atoms. The van der Waals surface area contributed by atoms with Gasteiger partial charge >= 0.3 is 0 Å². The molecular weight excluding hydrogens is 288 g/mol. The fourth-order valence-corrected chi connectivity index (χ4v) is 2.42. The molecule has 0 fully saturated rings. The fraction of sp³-hybridized carbons (Fsp3) is 0.200. The SMILES string of the molecule is Cc1cccc(CCNc2ccc(N)cc2Br)c1. The van der Waals surface area contributed by atoms with E-state index in [4.69, 9.17) is 5.73 Å². The molecule has 94 valence electrons. The summed E-state index contributed by atoms with van der Waals surface area (Å²) in [6.45, 7) is 3.03. The van der Waals surface area contributed by atoms with E-state index in [2.05, 4.69) is 52.4 Å². The van der Waals surface area contributed by atoms with E-state index in [1.54, 1.807) is 0 Å². The Kier molecular flexibility index (Phi) is 4.26. The van der Waals surface area contributed by atoms with Gasteiger partial charge in [0, 0.05) is 22.4 Å². The highest BCUT2D eigenvalue weighted by Crippen LogP contribution is 2.24. The summed E-state index contributed by atoms with van der Waals surface area (Å²) in [7, 11) is 0. The number of rotatable bonds is 4. The van der Waals surface area contributed by atoms with Crippen LogP contribution >= 0.6 is 15.9 Å². The van der Waals surface area contributed by atoms with Crippen LogP contribution in [-0.4, -0.2) is 6.54 Å². The van der Waals surface area contributed by atoms with Gasteiger partial charge in [-0.2, -0.15) is 0 Å². The normalized spacial score (nSPS) is 10.3. The van der Waals surface area contributed by atoms with E-state index in [0.29, 0.717) is 0 Å². The van der Waals surface area contributed by atoms with Crippen molar-refractivity contribution in [1.29, 1.82) is 0 Å². The molecule has 2 rings (SSSR count). The van der Waals surface area contributed by atoms with Crippen molar-refractivity contribution in [1.82, 2.24) is 0 Å². The van der Waals surface area contributed by atoms with E-state index in [0.717, 1.165) is 28.8 Å². The average Bonchev–Trinajstić information content (AvgIpc) is 2.32. The van der Waals surface area contributed by atoms with E-state index in [1.807, 2.05) is 18.2 Å². The van der Waals surface area contributed by atoms with Crippen LogP contribution in [0, 0.1) is 6.92 Å². The number of nitrogens with one attached hydrogen (secondary N) is 1. The minimum Gasteiger partial charge on any atom is -0.399 e. The topological polar surface area (TPSA) is 38.0 Å². The predicted octanol–water partition coefficient (Wildman–Crippen LogP) is 3.99. The zero-order valence-electron chi connectivity index (χ0n) is 10.4. The largest absolute Gasteiger partial charge is 0.399 e. The van der Waals surface area contributed by atoms with Gasteiger partial charge in [0.05, 0.1) is 0 Å². The minimum absolute atomic E-state index is 0.770. The zero-order chi connectivity index (χ0) is 13.0. The molecule has 0 aliphatic heterocycles. The molecule has 0 radical (unpaired) electrons. The molecule has 0 aliphatic carbocycles. The monoisotopic (exact) mass is 304 g/mol. The van der Waals surface area contributed by atoms with Gasteiger partial charge in [-0.1, -0.05) is 29.8 Å². The second-order valence-electron chi connectivity index (χ2n) is 4.41. The molecular formula is C15H17BrN2.